The zero-order valence-corrected chi connectivity index (χ0v) is 20.5. The maximum Gasteiger partial charge on any atom is 0.303 e. The van der Waals surface area contributed by atoms with E-state index in [1.54, 1.807) is 6.92 Å². The molecule has 4 aromatic rings. The fraction of sp³-hybridized carbons (Fsp3) is 0.172. The average molecular weight is 543 g/mol. The lowest BCUT2D eigenvalue weighted by Crippen LogP contribution is -2.27. The van der Waals surface area contributed by atoms with E-state index in [2.05, 4.69) is 5.32 Å². The minimum absolute atomic E-state index is 0.00570. The summed E-state index contributed by atoms with van der Waals surface area (Å²) in [7, 11) is 0. The van der Waals surface area contributed by atoms with E-state index in [9.17, 15) is 31.5 Å². The minimum Gasteiger partial charge on any atom is -0.481 e. The Morgan fingerprint density at radius 3 is 2.21 bits per heavy atom. The number of amides is 1. The summed E-state index contributed by atoms with van der Waals surface area (Å²) in [5.41, 5.74) is 1.22. The van der Waals surface area contributed by atoms with Gasteiger partial charge in [0.1, 0.15) is 5.75 Å². The number of aliphatic carboxylic acids is 1. The molecule has 0 bridgehead atoms. The number of rotatable bonds is 9. The Labute approximate surface area is 219 Å². The van der Waals surface area contributed by atoms with Crippen LogP contribution in [0.4, 0.5) is 22.0 Å². The van der Waals surface area contributed by atoms with Crippen LogP contribution in [0, 0.1) is 29.1 Å². The molecule has 0 spiro atoms. The summed E-state index contributed by atoms with van der Waals surface area (Å²) < 4.78 is 74.1. The molecule has 0 radical (unpaired) electrons. The van der Waals surface area contributed by atoms with Gasteiger partial charge in [-0.1, -0.05) is 48.5 Å². The molecule has 5 nitrogen and oxygen atoms in total. The molecule has 2 N–H and O–H groups in total. The number of halogens is 5. The van der Waals surface area contributed by atoms with Gasteiger partial charge in [-0.2, -0.15) is 8.78 Å². The Kier molecular flexibility index (Phi) is 8.13. The van der Waals surface area contributed by atoms with Crippen molar-refractivity contribution >= 4 is 22.6 Å². The number of carboxylic acid groups (broad SMARTS) is 1. The summed E-state index contributed by atoms with van der Waals surface area (Å²) in [5.74, 6) is -14.5. The van der Waals surface area contributed by atoms with Crippen LogP contribution in [0.15, 0.2) is 60.7 Å². The molecule has 4 aromatic carbocycles. The van der Waals surface area contributed by atoms with Crippen molar-refractivity contribution in [2.45, 2.75) is 32.2 Å². The Bertz CT molecular complexity index is 1540. The predicted molar refractivity (Wildman–Crippen MR) is 133 cm³/mol. The molecule has 1 unspecified atom stereocenters. The highest BCUT2D eigenvalue weighted by Gasteiger charge is 2.28. The highest BCUT2D eigenvalue weighted by Crippen LogP contribution is 2.34. The van der Waals surface area contributed by atoms with Crippen molar-refractivity contribution in [3.63, 3.8) is 0 Å². The molecule has 0 saturated heterocycles. The van der Waals surface area contributed by atoms with Gasteiger partial charge in [0.15, 0.2) is 0 Å². The molecule has 10 heteroatoms. The van der Waals surface area contributed by atoms with Crippen molar-refractivity contribution in [1.82, 2.24) is 5.32 Å². The molecule has 0 aliphatic carbocycles. The van der Waals surface area contributed by atoms with Gasteiger partial charge >= 0.3 is 5.97 Å². The maximum absolute atomic E-state index is 14.2. The SMILES string of the molecule is CC(NC(=O)c1cc(Oc2c(F)c(F)c(F)c(F)c2F)ccc1CCCC(=O)O)c1cccc2ccccc12. The third-order valence-corrected chi connectivity index (χ3v) is 6.19. The summed E-state index contributed by atoms with van der Waals surface area (Å²) in [6.45, 7) is 1.76. The number of aryl methyl sites for hydroxylation is 1. The van der Waals surface area contributed by atoms with Gasteiger partial charge < -0.3 is 15.2 Å². The molecule has 0 aliphatic heterocycles. The molecule has 0 aliphatic rings. The number of benzene rings is 4. The highest BCUT2D eigenvalue weighted by atomic mass is 19.2. The van der Waals surface area contributed by atoms with Crippen LogP contribution in [0.5, 0.6) is 11.5 Å². The van der Waals surface area contributed by atoms with Crippen LogP contribution in [-0.4, -0.2) is 17.0 Å². The number of nitrogens with one attached hydrogen (secondary N) is 1. The Balaban J connectivity index is 1.68. The van der Waals surface area contributed by atoms with Crippen molar-refractivity contribution < 1.29 is 41.4 Å². The third kappa shape index (κ3) is 5.84. The molecule has 39 heavy (non-hydrogen) atoms. The lowest BCUT2D eigenvalue weighted by molar-refractivity contribution is -0.137. The molecule has 202 valence electrons. The second-order valence-electron chi connectivity index (χ2n) is 8.83. The maximum atomic E-state index is 14.2. The lowest BCUT2D eigenvalue weighted by atomic mass is 9.98. The van der Waals surface area contributed by atoms with Gasteiger partial charge in [0, 0.05) is 12.0 Å². The van der Waals surface area contributed by atoms with Crippen molar-refractivity contribution in [3.05, 3.63) is 106 Å². The topological polar surface area (TPSA) is 75.6 Å². The Hall–Kier alpha value is -4.47. The second kappa shape index (κ2) is 11.5. The first-order valence-corrected chi connectivity index (χ1v) is 11.9. The van der Waals surface area contributed by atoms with Gasteiger partial charge in [-0.15, -0.1) is 0 Å². The Morgan fingerprint density at radius 2 is 1.51 bits per heavy atom. The first-order valence-electron chi connectivity index (χ1n) is 11.9. The summed E-state index contributed by atoms with van der Waals surface area (Å²) in [4.78, 5) is 24.3. The molecule has 1 atom stereocenters. The quantitative estimate of drug-likeness (QED) is 0.133. The first-order chi connectivity index (χ1) is 18.6. The molecule has 0 aromatic heterocycles. The van der Waals surface area contributed by atoms with Crippen LogP contribution >= 0.6 is 0 Å². The number of hydrogen-bond acceptors (Lipinski definition) is 3. The van der Waals surface area contributed by atoms with E-state index in [4.69, 9.17) is 9.84 Å². The van der Waals surface area contributed by atoms with Crippen LogP contribution in [-0.2, 0) is 11.2 Å². The van der Waals surface area contributed by atoms with Gasteiger partial charge in [-0.3, -0.25) is 9.59 Å². The normalized spacial score (nSPS) is 11.8. The number of hydrogen-bond donors (Lipinski definition) is 2. The van der Waals surface area contributed by atoms with Crippen molar-refractivity contribution in [1.29, 1.82) is 0 Å². The van der Waals surface area contributed by atoms with E-state index < -0.39 is 52.8 Å². The summed E-state index contributed by atoms with van der Waals surface area (Å²) in [5, 5.41) is 13.7. The van der Waals surface area contributed by atoms with Crippen molar-refractivity contribution in [3.8, 4) is 11.5 Å². The van der Waals surface area contributed by atoms with Crippen LogP contribution in [0.1, 0.15) is 47.3 Å². The van der Waals surface area contributed by atoms with E-state index in [1.807, 2.05) is 42.5 Å². The van der Waals surface area contributed by atoms with E-state index in [1.165, 1.54) is 12.1 Å². The largest absolute Gasteiger partial charge is 0.481 e. The van der Waals surface area contributed by atoms with Gasteiger partial charge in [0.2, 0.25) is 34.8 Å². The fourth-order valence-corrected chi connectivity index (χ4v) is 4.25. The molecule has 4 rings (SSSR count). The lowest BCUT2D eigenvalue weighted by Gasteiger charge is -2.19. The number of carbonyl (C=O) groups excluding carboxylic acids is 1. The van der Waals surface area contributed by atoms with Crippen LogP contribution in [0.3, 0.4) is 0 Å². The summed E-state index contributed by atoms with van der Waals surface area (Å²) >= 11 is 0. The Morgan fingerprint density at radius 1 is 0.872 bits per heavy atom. The number of carboxylic acids is 1. The van der Waals surface area contributed by atoms with E-state index in [0.717, 1.165) is 22.4 Å². The smallest absolute Gasteiger partial charge is 0.303 e. The second-order valence-corrected chi connectivity index (χ2v) is 8.83. The number of fused-ring (bicyclic) bond motifs is 1. The predicted octanol–water partition coefficient (Wildman–Crippen LogP) is 7.23. The molecule has 0 fully saturated rings. The fourth-order valence-electron chi connectivity index (χ4n) is 4.25. The van der Waals surface area contributed by atoms with E-state index in [0.29, 0.717) is 5.56 Å². The third-order valence-electron chi connectivity index (χ3n) is 6.19. The van der Waals surface area contributed by atoms with Gasteiger partial charge in [-0.05, 0) is 53.8 Å². The highest BCUT2D eigenvalue weighted by molar-refractivity contribution is 5.97. The first kappa shape index (κ1) is 27.6. The molecule has 0 saturated carbocycles. The standard InChI is InChI=1S/C29H22F5NO4/c1-15(19-10-4-7-16-6-2-3-9-20(16)19)35-29(38)21-14-18(13-12-17(21)8-5-11-22(36)37)39-28-26(33)24(31)23(30)25(32)27(28)34/h2-4,6-7,9-10,12-15H,5,8,11H2,1H3,(H,35,38)(H,36,37). The van der Waals surface area contributed by atoms with E-state index >= 15 is 0 Å². The minimum atomic E-state index is -2.33. The average Bonchev–Trinajstić information content (AvgIpc) is 2.93. The molecule has 0 heterocycles. The molecular formula is C29H22F5NO4. The van der Waals surface area contributed by atoms with Crippen molar-refractivity contribution in [2.24, 2.45) is 0 Å². The van der Waals surface area contributed by atoms with Gasteiger partial charge in [0.05, 0.1) is 6.04 Å². The number of ether oxygens (including phenoxy) is 1. The zero-order valence-electron chi connectivity index (χ0n) is 20.5. The van der Waals surface area contributed by atoms with Crippen LogP contribution in [0.2, 0.25) is 0 Å². The van der Waals surface area contributed by atoms with Crippen LogP contribution in [0.25, 0.3) is 10.8 Å². The molecular weight excluding hydrogens is 521 g/mol. The van der Waals surface area contributed by atoms with Crippen LogP contribution < -0.4 is 10.1 Å². The monoisotopic (exact) mass is 543 g/mol. The van der Waals surface area contributed by atoms with Gasteiger partial charge in [0.25, 0.3) is 5.91 Å². The summed E-state index contributed by atoms with van der Waals surface area (Å²) in [6.07, 6.45) is 0.184. The molecule has 1 amide bonds. The zero-order chi connectivity index (χ0) is 28.3. The summed E-state index contributed by atoms with van der Waals surface area (Å²) in [6, 6.07) is 16.4. The van der Waals surface area contributed by atoms with Gasteiger partial charge in [-0.25, -0.2) is 13.2 Å². The van der Waals surface area contributed by atoms with Crippen molar-refractivity contribution in [2.75, 3.05) is 0 Å². The number of carbonyl (C=O) groups is 2. The van der Waals surface area contributed by atoms with E-state index in [-0.39, 0.29) is 30.6 Å².